The van der Waals surface area contributed by atoms with Gasteiger partial charge in [-0.1, -0.05) is 37.3 Å². The van der Waals surface area contributed by atoms with E-state index >= 15 is 0 Å². The van der Waals surface area contributed by atoms with E-state index in [1.54, 1.807) is 29.2 Å². The molecule has 3 rings (SSSR count). The molecule has 154 valence electrons. The monoisotopic (exact) mass is 402 g/mol. The number of carboxylic acids is 1. The number of hydrogen-bond donors (Lipinski definition) is 2. The maximum absolute atomic E-state index is 13.0. The van der Waals surface area contributed by atoms with Crippen LogP contribution in [0.1, 0.15) is 51.2 Å². The Kier molecular flexibility index (Phi) is 6.52. The van der Waals surface area contributed by atoms with Crippen LogP contribution < -0.4 is 10.2 Å². The number of rotatable bonds is 8. The van der Waals surface area contributed by atoms with Gasteiger partial charge in [-0.25, -0.2) is 4.79 Å². The summed E-state index contributed by atoms with van der Waals surface area (Å²) < 4.78 is 0. The number of carboxylic acid groups (broad SMARTS) is 1. The SMILES string of the molecule is CCC(Nc1ccc(C(=O)c2ccc(N(C)C)cc2C(=O)O)cc1)c1ccccc1. The minimum atomic E-state index is -1.12. The third-order valence-corrected chi connectivity index (χ3v) is 5.09. The van der Waals surface area contributed by atoms with E-state index < -0.39 is 5.97 Å². The Morgan fingerprint density at radius 2 is 1.60 bits per heavy atom. The first kappa shape index (κ1) is 21.1. The lowest BCUT2D eigenvalue weighted by Crippen LogP contribution is -2.14. The molecule has 0 aliphatic rings. The maximum atomic E-state index is 13.0. The summed E-state index contributed by atoms with van der Waals surface area (Å²) >= 11 is 0. The van der Waals surface area contributed by atoms with E-state index in [9.17, 15) is 14.7 Å². The van der Waals surface area contributed by atoms with Gasteiger partial charge in [0.1, 0.15) is 0 Å². The van der Waals surface area contributed by atoms with Gasteiger partial charge in [0.2, 0.25) is 0 Å². The largest absolute Gasteiger partial charge is 0.478 e. The molecule has 3 aromatic carbocycles. The molecule has 0 heterocycles. The number of anilines is 2. The molecular weight excluding hydrogens is 376 g/mol. The molecule has 0 aliphatic heterocycles. The lowest BCUT2D eigenvalue weighted by atomic mass is 9.97. The number of nitrogens with zero attached hydrogens (tertiary/aromatic N) is 1. The third-order valence-electron chi connectivity index (χ3n) is 5.09. The van der Waals surface area contributed by atoms with E-state index in [2.05, 4.69) is 24.4 Å². The highest BCUT2D eigenvalue weighted by Crippen LogP contribution is 2.25. The summed E-state index contributed by atoms with van der Waals surface area (Å²) in [5, 5.41) is 13.1. The van der Waals surface area contributed by atoms with Gasteiger partial charge in [-0.05, 0) is 54.4 Å². The molecule has 30 heavy (non-hydrogen) atoms. The summed E-state index contributed by atoms with van der Waals surface area (Å²) in [6.07, 6.45) is 0.922. The van der Waals surface area contributed by atoms with E-state index in [0.717, 1.165) is 17.8 Å². The second kappa shape index (κ2) is 9.27. The Balaban J connectivity index is 1.82. The van der Waals surface area contributed by atoms with Crippen LogP contribution in [0.5, 0.6) is 0 Å². The summed E-state index contributed by atoms with van der Waals surface area (Å²) in [6, 6.07) is 22.4. The van der Waals surface area contributed by atoms with Gasteiger partial charge in [0.05, 0.1) is 11.6 Å². The van der Waals surface area contributed by atoms with Gasteiger partial charge in [-0.2, -0.15) is 0 Å². The summed E-state index contributed by atoms with van der Waals surface area (Å²) in [5.41, 5.74) is 3.48. The molecule has 0 radical (unpaired) electrons. The Bertz CT molecular complexity index is 1030. The highest BCUT2D eigenvalue weighted by Gasteiger charge is 2.19. The highest BCUT2D eigenvalue weighted by molar-refractivity contribution is 6.14. The van der Waals surface area contributed by atoms with Crippen LogP contribution in [0.25, 0.3) is 0 Å². The number of aromatic carboxylic acids is 1. The second-order valence-electron chi connectivity index (χ2n) is 7.35. The number of hydrogen-bond acceptors (Lipinski definition) is 4. The molecule has 5 heteroatoms. The van der Waals surface area contributed by atoms with Crippen LogP contribution in [-0.4, -0.2) is 31.0 Å². The third kappa shape index (κ3) is 4.69. The molecule has 0 fully saturated rings. The van der Waals surface area contributed by atoms with Crippen molar-refractivity contribution >= 4 is 23.1 Å². The fraction of sp³-hybridized carbons (Fsp3) is 0.200. The molecule has 1 atom stereocenters. The molecule has 0 aliphatic carbocycles. The average molecular weight is 402 g/mol. The van der Waals surface area contributed by atoms with Crippen LogP contribution >= 0.6 is 0 Å². The molecule has 0 bridgehead atoms. The molecule has 0 saturated heterocycles. The number of ketones is 1. The van der Waals surface area contributed by atoms with E-state index in [1.807, 2.05) is 44.4 Å². The zero-order chi connectivity index (χ0) is 21.7. The first-order chi connectivity index (χ1) is 14.4. The number of benzene rings is 3. The summed E-state index contributed by atoms with van der Waals surface area (Å²) in [7, 11) is 3.65. The zero-order valence-corrected chi connectivity index (χ0v) is 17.4. The van der Waals surface area contributed by atoms with Crippen LogP contribution in [-0.2, 0) is 0 Å². The Morgan fingerprint density at radius 1 is 0.933 bits per heavy atom. The fourth-order valence-electron chi connectivity index (χ4n) is 3.37. The van der Waals surface area contributed by atoms with E-state index in [0.29, 0.717) is 5.56 Å². The minimum absolute atomic E-state index is 0.00326. The standard InChI is InChI=1S/C25H26N2O3/c1-4-23(17-8-6-5-7-9-17)26-19-12-10-18(11-13-19)24(28)21-15-14-20(27(2)3)16-22(21)25(29)30/h5-16,23,26H,4H2,1-3H3,(H,29,30). The zero-order valence-electron chi connectivity index (χ0n) is 17.4. The number of nitrogens with one attached hydrogen (secondary N) is 1. The lowest BCUT2D eigenvalue weighted by Gasteiger charge is -2.19. The van der Waals surface area contributed by atoms with E-state index in [4.69, 9.17) is 0 Å². The molecule has 0 aromatic heterocycles. The normalized spacial score (nSPS) is 11.6. The van der Waals surface area contributed by atoms with Crippen molar-refractivity contribution in [3.63, 3.8) is 0 Å². The van der Waals surface area contributed by atoms with Crippen LogP contribution in [0.3, 0.4) is 0 Å². The smallest absolute Gasteiger partial charge is 0.336 e. The van der Waals surface area contributed by atoms with Crippen molar-refractivity contribution in [2.45, 2.75) is 19.4 Å². The highest BCUT2D eigenvalue weighted by atomic mass is 16.4. The van der Waals surface area contributed by atoms with Crippen molar-refractivity contribution < 1.29 is 14.7 Å². The maximum Gasteiger partial charge on any atom is 0.336 e. The van der Waals surface area contributed by atoms with Crippen molar-refractivity contribution in [3.05, 3.63) is 95.1 Å². The minimum Gasteiger partial charge on any atom is -0.478 e. The van der Waals surface area contributed by atoms with Crippen LogP contribution in [0.4, 0.5) is 11.4 Å². The molecule has 0 spiro atoms. The van der Waals surface area contributed by atoms with Crippen LogP contribution in [0.15, 0.2) is 72.8 Å². The molecule has 2 N–H and O–H groups in total. The summed E-state index contributed by atoms with van der Waals surface area (Å²) in [5.74, 6) is -1.42. The average Bonchev–Trinajstić information content (AvgIpc) is 2.77. The van der Waals surface area contributed by atoms with Gasteiger partial charge in [0.25, 0.3) is 0 Å². The van der Waals surface area contributed by atoms with Crippen LogP contribution in [0.2, 0.25) is 0 Å². The van der Waals surface area contributed by atoms with Crippen LogP contribution in [0, 0.1) is 0 Å². The van der Waals surface area contributed by atoms with Gasteiger partial charge < -0.3 is 15.3 Å². The van der Waals surface area contributed by atoms with Crippen molar-refractivity contribution in [1.82, 2.24) is 0 Å². The summed E-state index contributed by atoms with van der Waals surface area (Å²) in [4.78, 5) is 26.5. The van der Waals surface area contributed by atoms with Gasteiger partial charge >= 0.3 is 5.97 Å². The Labute approximate surface area is 177 Å². The van der Waals surface area contributed by atoms with E-state index in [-0.39, 0.29) is 23.0 Å². The molecule has 5 nitrogen and oxygen atoms in total. The quantitative estimate of drug-likeness (QED) is 0.504. The predicted molar refractivity (Wildman–Crippen MR) is 121 cm³/mol. The van der Waals surface area contributed by atoms with Crippen molar-refractivity contribution in [2.24, 2.45) is 0 Å². The molecule has 0 amide bonds. The van der Waals surface area contributed by atoms with Crippen molar-refractivity contribution in [3.8, 4) is 0 Å². The molecule has 1 unspecified atom stereocenters. The Morgan fingerprint density at radius 3 is 2.17 bits per heavy atom. The van der Waals surface area contributed by atoms with Gasteiger partial charge in [0.15, 0.2) is 5.78 Å². The lowest BCUT2D eigenvalue weighted by molar-refractivity contribution is 0.0693. The topological polar surface area (TPSA) is 69.6 Å². The first-order valence-electron chi connectivity index (χ1n) is 9.91. The Hall–Kier alpha value is -3.60. The molecular formula is C25H26N2O3. The van der Waals surface area contributed by atoms with Gasteiger partial charge in [-0.3, -0.25) is 4.79 Å². The summed E-state index contributed by atoms with van der Waals surface area (Å²) in [6.45, 7) is 2.12. The van der Waals surface area contributed by atoms with Crippen molar-refractivity contribution in [2.75, 3.05) is 24.3 Å². The van der Waals surface area contributed by atoms with Gasteiger partial charge in [-0.15, -0.1) is 0 Å². The number of carbonyl (C=O) groups is 2. The predicted octanol–water partition coefficient (Wildman–Crippen LogP) is 5.25. The fourth-order valence-corrected chi connectivity index (χ4v) is 3.37. The first-order valence-corrected chi connectivity index (χ1v) is 9.91. The molecule has 3 aromatic rings. The van der Waals surface area contributed by atoms with E-state index in [1.165, 1.54) is 11.6 Å². The number of carbonyl (C=O) groups excluding carboxylic acids is 1. The van der Waals surface area contributed by atoms with Gasteiger partial charge in [0, 0.05) is 36.6 Å². The molecule has 0 saturated carbocycles. The van der Waals surface area contributed by atoms with Crippen molar-refractivity contribution in [1.29, 1.82) is 0 Å². The second-order valence-corrected chi connectivity index (χ2v) is 7.35.